The lowest BCUT2D eigenvalue weighted by atomic mass is 10.4. The van der Waals surface area contributed by atoms with Gasteiger partial charge in [0.1, 0.15) is 10.7 Å². The number of anilines is 1. The smallest absolute Gasteiger partial charge is 0.343 e. The highest BCUT2D eigenvalue weighted by molar-refractivity contribution is 7.98. The zero-order chi connectivity index (χ0) is 20.0. The standard InChI is InChI=1S/C6H6ClN3O2S.C5H3Cl2N3O2S/c1-13-4-2-3(8)5(10(11)12)6(7)9-4;1-13-5-8-3(6)2(10(11)12)4(7)9-5/h2H,1H3,(H2,8,9);1H3. The summed E-state index contributed by atoms with van der Waals surface area (Å²) in [6, 6.07) is 1.43. The molecule has 140 valence electrons. The van der Waals surface area contributed by atoms with Gasteiger partial charge in [-0.2, -0.15) is 0 Å². The molecule has 0 amide bonds. The average molecular weight is 460 g/mol. The molecule has 0 saturated carbocycles. The maximum atomic E-state index is 10.4. The molecule has 2 rings (SSSR count). The Labute approximate surface area is 170 Å². The molecular weight excluding hydrogens is 451 g/mol. The van der Waals surface area contributed by atoms with Crippen molar-refractivity contribution < 1.29 is 9.85 Å². The number of pyridine rings is 1. The van der Waals surface area contributed by atoms with E-state index in [9.17, 15) is 20.2 Å². The van der Waals surface area contributed by atoms with Crippen LogP contribution in [0.3, 0.4) is 0 Å². The van der Waals surface area contributed by atoms with Crippen LogP contribution in [0.15, 0.2) is 16.2 Å². The SMILES string of the molecule is CSc1cc(N)c([N+](=O)[O-])c(Cl)n1.CSc1nc(Cl)c([N+](=O)[O-])c(Cl)n1. The van der Waals surface area contributed by atoms with Gasteiger partial charge in [-0.05, 0) is 12.5 Å². The number of nitrogens with two attached hydrogens (primary N) is 1. The molecule has 0 aromatic carbocycles. The van der Waals surface area contributed by atoms with Gasteiger partial charge in [-0.15, -0.1) is 11.8 Å². The van der Waals surface area contributed by atoms with Crippen LogP contribution >= 0.6 is 58.3 Å². The molecule has 0 aliphatic rings. The van der Waals surface area contributed by atoms with Crippen LogP contribution in [-0.2, 0) is 0 Å². The van der Waals surface area contributed by atoms with E-state index in [2.05, 4.69) is 15.0 Å². The van der Waals surface area contributed by atoms with E-state index in [1.165, 1.54) is 29.6 Å². The van der Waals surface area contributed by atoms with Crippen LogP contribution in [0.5, 0.6) is 0 Å². The molecule has 10 nitrogen and oxygen atoms in total. The minimum Gasteiger partial charge on any atom is -0.393 e. The lowest BCUT2D eigenvalue weighted by molar-refractivity contribution is -0.385. The highest BCUT2D eigenvalue weighted by Gasteiger charge is 2.21. The van der Waals surface area contributed by atoms with Crippen LogP contribution < -0.4 is 5.73 Å². The molecule has 2 heterocycles. The number of aromatic nitrogens is 3. The Bertz CT molecular complexity index is 741. The topological polar surface area (TPSA) is 151 Å². The van der Waals surface area contributed by atoms with Crippen LogP contribution in [0, 0.1) is 20.2 Å². The number of thioether (sulfide) groups is 2. The van der Waals surface area contributed by atoms with Crippen LogP contribution in [0.25, 0.3) is 0 Å². The summed E-state index contributed by atoms with van der Waals surface area (Å²) in [6.07, 6.45) is 3.50. The van der Waals surface area contributed by atoms with Gasteiger partial charge in [-0.25, -0.2) is 15.0 Å². The van der Waals surface area contributed by atoms with Gasteiger partial charge in [0, 0.05) is 6.07 Å². The molecule has 0 unspecified atom stereocenters. The minimum absolute atomic E-state index is 0.0364. The van der Waals surface area contributed by atoms with Crippen molar-refractivity contribution in [1.82, 2.24) is 15.0 Å². The zero-order valence-electron chi connectivity index (χ0n) is 13.0. The van der Waals surface area contributed by atoms with Crippen molar-refractivity contribution in [1.29, 1.82) is 0 Å². The van der Waals surface area contributed by atoms with Gasteiger partial charge in [0.25, 0.3) is 0 Å². The predicted octanol–water partition coefficient (Wildman–Crippen LogP) is 4.36. The first kappa shape index (κ1) is 22.4. The number of rotatable bonds is 4. The van der Waals surface area contributed by atoms with E-state index in [4.69, 9.17) is 40.5 Å². The third-order valence-corrected chi connectivity index (χ3v) is 4.46. The number of nitro groups is 2. The average Bonchev–Trinajstić information content (AvgIpc) is 2.53. The Kier molecular flexibility index (Phi) is 8.56. The molecule has 0 bridgehead atoms. The molecule has 2 aromatic heterocycles. The Hall–Kier alpha value is -1.60. The zero-order valence-corrected chi connectivity index (χ0v) is 16.9. The van der Waals surface area contributed by atoms with E-state index < -0.39 is 15.5 Å². The Morgan fingerprint density at radius 1 is 0.923 bits per heavy atom. The Morgan fingerprint density at radius 3 is 1.73 bits per heavy atom. The first-order valence-corrected chi connectivity index (χ1v) is 9.76. The van der Waals surface area contributed by atoms with Crippen molar-refractivity contribution in [3.8, 4) is 0 Å². The summed E-state index contributed by atoms with van der Waals surface area (Å²) in [5, 5.41) is 21.0. The molecule has 15 heteroatoms. The monoisotopic (exact) mass is 458 g/mol. The van der Waals surface area contributed by atoms with Gasteiger partial charge in [-0.3, -0.25) is 20.2 Å². The number of hydrogen-bond acceptors (Lipinski definition) is 10. The highest BCUT2D eigenvalue weighted by Crippen LogP contribution is 2.32. The lowest BCUT2D eigenvalue weighted by Crippen LogP contribution is -1.98. The van der Waals surface area contributed by atoms with Gasteiger partial charge >= 0.3 is 11.4 Å². The summed E-state index contributed by atoms with van der Waals surface area (Å²) < 4.78 is 0. The third-order valence-electron chi connectivity index (χ3n) is 2.49. The van der Waals surface area contributed by atoms with Crippen LogP contribution in [0.1, 0.15) is 0 Å². The summed E-state index contributed by atoms with van der Waals surface area (Å²) >= 11 is 19.1. The van der Waals surface area contributed by atoms with Crippen molar-refractivity contribution in [2.45, 2.75) is 10.2 Å². The van der Waals surface area contributed by atoms with E-state index in [1.807, 2.05) is 0 Å². The third kappa shape index (κ3) is 5.71. The molecule has 0 atom stereocenters. The maximum Gasteiger partial charge on any atom is 0.343 e. The molecule has 0 spiro atoms. The summed E-state index contributed by atoms with van der Waals surface area (Å²) in [6.45, 7) is 0. The van der Waals surface area contributed by atoms with Gasteiger partial charge in [0.05, 0.1) is 9.85 Å². The van der Waals surface area contributed by atoms with Gasteiger partial charge < -0.3 is 5.73 Å². The summed E-state index contributed by atoms with van der Waals surface area (Å²) in [4.78, 5) is 30.6. The molecule has 0 saturated heterocycles. The highest BCUT2D eigenvalue weighted by atomic mass is 35.5. The van der Waals surface area contributed by atoms with E-state index in [-0.39, 0.29) is 26.8 Å². The Balaban J connectivity index is 0.000000260. The molecule has 0 aliphatic heterocycles. The van der Waals surface area contributed by atoms with Crippen molar-refractivity contribution in [2.75, 3.05) is 18.2 Å². The van der Waals surface area contributed by atoms with Crippen molar-refractivity contribution in [2.24, 2.45) is 0 Å². The number of nitrogens with zero attached hydrogens (tertiary/aromatic N) is 5. The summed E-state index contributed by atoms with van der Waals surface area (Å²) in [5.41, 5.74) is 4.66. The quantitative estimate of drug-likeness (QED) is 0.174. The molecule has 0 fully saturated rings. The fraction of sp³-hybridized carbons (Fsp3) is 0.182. The normalized spacial score (nSPS) is 10.0. The minimum atomic E-state index is -0.714. The van der Waals surface area contributed by atoms with Crippen molar-refractivity contribution in [3.63, 3.8) is 0 Å². The number of halogens is 3. The molecule has 0 radical (unpaired) electrons. The second-order valence-electron chi connectivity index (χ2n) is 4.05. The fourth-order valence-corrected chi connectivity index (χ4v) is 3.15. The van der Waals surface area contributed by atoms with Gasteiger partial charge in [0.15, 0.2) is 5.16 Å². The van der Waals surface area contributed by atoms with E-state index in [1.54, 1.807) is 12.5 Å². The largest absolute Gasteiger partial charge is 0.393 e. The predicted molar refractivity (Wildman–Crippen MR) is 103 cm³/mol. The maximum absolute atomic E-state index is 10.4. The van der Waals surface area contributed by atoms with Gasteiger partial charge in [0.2, 0.25) is 15.5 Å². The first-order chi connectivity index (χ1) is 12.1. The van der Waals surface area contributed by atoms with E-state index >= 15 is 0 Å². The van der Waals surface area contributed by atoms with E-state index in [0.717, 1.165) is 0 Å². The van der Waals surface area contributed by atoms with Crippen LogP contribution in [0.4, 0.5) is 17.1 Å². The summed E-state index contributed by atoms with van der Waals surface area (Å²) in [5.74, 6) is 0. The Morgan fingerprint density at radius 2 is 1.38 bits per heavy atom. The van der Waals surface area contributed by atoms with Crippen LogP contribution in [-0.4, -0.2) is 37.3 Å². The molecule has 0 aliphatic carbocycles. The number of hydrogen-bond donors (Lipinski definition) is 1. The van der Waals surface area contributed by atoms with E-state index in [0.29, 0.717) is 10.2 Å². The fourth-order valence-electron chi connectivity index (χ4n) is 1.41. The number of nitrogen functional groups attached to an aromatic ring is 1. The lowest BCUT2D eigenvalue weighted by Gasteiger charge is -2.00. The first-order valence-electron chi connectivity index (χ1n) is 6.18. The van der Waals surface area contributed by atoms with Crippen molar-refractivity contribution >= 4 is 75.4 Å². The molecule has 26 heavy (non-hydrogen) atoms. The molecule has 2 aromatic rings. The second kappa shape index (κ2) is 9.92. The summed E-state index contributed by atoms with van der Waals surface area (Å²) in [7, 11) is 0. The van der Waals surface area contributed by atoms with Gasteiger partial charge in [-0.1, -0.05) is 46.6 Å². The second-order valence-corrected chi connectivity index (χ2v) is 6.72. The molecular formula is C11H9Cl3N6O4S2. The molecule has 2 N–H and O–H groups in total. The van der Waals surface area contributed by atoms with Crippen molar-refractivity contribution in [3.05, 3.63) is 41.8 Å². The van der Waals surface area contributed by atoms with Crippen LogP contribution in [0.2, 0.25) is 15.5 Å².